The Bertz CT molecular complexity index is 489. The molecule has 0 aromatic carbocycles. The van der Waals surface area contributed by atoms with Crippen molar-refractivity contribution in [2.45, 2.75) is 13.3 Å². The summed E-state index contributed by atoms with van der Waals surface area (Å²) in [7, 11) is 0. The number of nitrogens with one attached hydrogen (secondary N) is 3. The highest BCUT2D eigenvalue weighted by atomic mass is 32.1. The van der Waals surface area contributed by atoms with Crippen LogP contribution in [-0.2, 0) is 16.0 Å². The minimum atomic E-state index is -1.14. The molecule has 8 nitrogen and oxygen atoms in total. The van der Waals surface area contributed by atoms with Crippen molar-refractivity contribution in [2.75, 3.05) is 19.6 Å². The number of nitrogens with zero attached hydrogens (tertiary/aromatic N) is 1. The van der Waals surface area contributed by atoms with E-state index in [0.29, 0.717) is 13.0 Å². The van der Waals surface area contributed by atoms with Gasteiger partial charge in [-0.05, 0) is 6.92 Å². The van der Waals surface area contributed by atoms with Crippen LogP contribution in [0.3, 0.4) is 0 Å². The molecule has 0 aliphatic carbocycles. The third-order valence-corrected chi connectivity index (χ3v) is 3.00. The van der Waals surface area contributed by atoms with Gasteiger partial charge in [0.15, 0.2) is 0 Å². The molecule has 0 saturated heterocycles. The predicted octanol–water partition coefficient (Wildman–Crippen LogP) is -0.506. The van der Waals surface area contributed by atoms with E-state index in [4.69, 9.17) is 5.11 Å². The zero-order valence-corrected chi connectivity index (χ0v) is 11.7. The third kappa shape index (κ3) is 6.69. The van der Waals surface area contributed by atoms with Crippen molar-refractivity contribution in [3.63, 3.8) is 0 Å². The number of urea groups is 1. The van der Waals surface area contributed by atoms with Gasteiger partial charge in [-0.25, -0.2) is 9.78 Å². The van der Waals surface area contributed by atoms with Gasteiger partial charge < -0.3 is 21.1 Å². The summed E-state index contributed by atoms with van der Waals surface area (Å²) in [5.74, 6) is -1.70. The van der Waals surface area contributed by atoms with Gasteiger partial charge in [-0.1, -0.05) is 0 Å². The molecule has 1 rings (SSSR count). The molecule has 0 saturated carbocycles. The Kier molecular flexibility index (Phi) is 6.44. The van der Waals surface area contributed by atoms with Crippen molar-refractivity contribution in [3.05, 3.63) is 16.1 Å². The first kappa shape index (κ1) is 15.9. The molecule has 0 fully saturated rings. The topological polar surface area (TPSA) is 120 Å². The fourth-order valence-corrected chi connectivity index (χ4v) is 1.93. The van der Waals surface area contributed by atoms with Gasteiger partial charge in [0, 0.05) is 18.3 Å². The largest absolute Gasteiger partial charge is 0.480 e. The molecule has 9 heteroatoms. The predicted molar refractivity (Wildman–Crippen MR) is 72.6 cm³/mol. The van der Waals surface area contributed by atoms with Gasteiger partial charge in [-0.3, -0.25) is 9.59 Å². The molecule has 3 amide bonds. The van der Waals surface area contributed by atoms with Gasteiger partial charge in [0.25, 0.3) is 0 Å². The van der Waals surface area contributed by atoms with E-state index in [0.717, 1.165) is 10.7 Å². The van der Waals surface area contributed by atoms with Gasteiger partial charge >= 0.3 is 12.0 Å². The fourth-order valence-electron chi connectivity index (χ4n) is 1.29. The highest BCUT2D eigenvalue weighted by molar-refractivity contribution is 7.09. The molecule has 0 aliphatic rings. The van der Waals surface area contributed by atoms with Crippen molar-refractivity contribution in [2.24, 2.45) is 0 Å². The molecule has 0 aliphatic heterocycles. The van der Waals surface area contributed by atoms with Crippen LogP contribution in [0.25, 0.3) is 0 Å². The lowest BCUT2D eigenvalue weighted by Gasteiger charge is -2.06. The van der Waals surface area contributed by atoms with Crippen molar-refractivity contribution in [1.29, 1.82) is 0 Å². The fraction of sp³-hybridized carbons (Fsp3) is 0.455. The normalized spacial score (nSPS) is 9.85. The van der Waals surface area contributed by atoms with Crippen LogP contribution in [0.1, 0.15) is 10.7 Å². The Hall–Kier alpha value is -2.16. The van der Waals surface area contributed by atoms with Crippen LogP contribution in [0, 0.1) is 6.92 Å². The van der Waals surface area contributed by atoms with Crippen LogP contribution in [0.15, 0.2) is 5.38 Å². The maximum atomic E-state index is 11.3. The SMILES string of the molecule is Cc1nc(CCNC(=O)NCC(=O)NCC(=O)O)cs1. The summed E-state index contributed by atoms with van der Waals surface area (Å²) in [6, 6.07) is -0.484. The Morgan fingerprint density at radius 1 is 1.25 bits per heavy atom. The average Bonchev–Trinajstić information content (AvgIpc) is 2.79. The molecule has 0 radical (unpaired) electrons. The highest BCUT2D eigenvalue weighted by Gasteiger charge is 2.06. The number of thiazole rings is 1. The van der Waals surface area contributed by atoms with Gasteiger partial charge in [-0.15, -0.1) is 11.3 Å². The molecule has 1 aromatic rings. The van der Waals surface area contributed by atoms with Crippen molar-refractivity contribution < 1.29 is 19.5 Å². The molecule has 20 heavy (non-hydrogen) atoms. The van der Waals surface area contributed by atoms with Crippen molar-refractivity contribution in [3.8, 4) is 0 Å². The lowest BCUT2D eigenvalue weighted by Crippen LogP contribution is -2.43. The zero-order chi connectivity index (χ0) is 15.0. The zero-order valence-electron chi connectivity index (χ0n) is 10.9. The van der Waals surface area contributed by atoms with Crippen molar-refractivity contribution in [1.82, 2.24) is 20.9 Å². The third-order valence-electron chi connectivity index (χ3n) is 2.18. The van der Waals surface area contributed by atoms with E-state index in [1.807, 2.05) is 12.3 Å². The van der Waals surface area contributed by atoms with E-state index in [2.05, 4.69) is 20.9 Å². The summed E-state index contributed by atoms with van der Waals surface area (Å²) < 4.78 is 0. The summed E-state index contributed by atoms with van der Waals surface area (Å²) in [6.45, 7) is 1.58. The second-order valence-corrected chi connectivity index (χ2v) is 4.95. The molecule has 0 atom stereocenters. The molecule has 4 N–H and O–H groups in total. The number of hydrogen-bond donors (Lipinski definition) is 4. The average molecular weight is 300 g/mol. The van der Waals surface area contributed by atoms with Crippen LogP contribution in [0.5, 0.6) is 0 Å². The van der Waals surface area contributed by atoms with Crippen LogP contribution in [-0.4, -0.2) is 47.6 Å². The summed E-state index contributed by atoms with van der Waals surface area (Å²) in [5.41, 5.74) is 0.909. The smallest absolute Gasteiger partial charge is 0.322 e. The first-order chi connectivity index (χ1) is 9.47. The van der Waals surface area contributed by atoms with E-state index in [9.17, 15) is 14.4 Å². The maximum absolute atomic E-state index is 11.3. The first-order valence-corrected chi connectivity index (χ1v) is 6.76. The number of hydrogen-bond acceptors (Lipinski definition) is 5. The van der Waals surface area contributed by atoms with E-state index in [1.165, 1.54) is 0 Å². The van der Waals surface area contributed by atoms with E-state index in [1.54, 1.807) is 11.3 Å². The van der Waals surface area contributed by atoms with Gasteiger partial charge in [-0.2, -0.15) is 0 Å². The molecule has 0 bridgehead atoms. The molecule has 1 aromatic heterocycles. The van der Waals surface area contributed by atoms with E-state index in [-0.39, 0.29) is 6.54 Å². The number of rotatable bonds is 7. The standard InChI is InChI=1S/C11H16N4O4S/c1-7-15-8(6-20-7)2-3-12-11(19)14-4-9(16)13-5-10(17)18/h6H,2-5H2,1H3,(H,13,16)(H,17,18)(H2,12,14,19). The number of aryl methyl sites for hydroxylation is 1. The summed E-state index contributed by atoms with van der Waals surface area (Å²) in [6.07, 6.45) is 0.614. The quantitative estimate of drug-likeness (QED) is 0.541. The van der Waals surface area contributed by atoms with E-state index >= 15 is 0 Å². The maximum Gasteiger partial charge on any atom is 0.322 e. The monoisotopic (exact) mass is 300 g/mol. The Balaban J connectivity index is 2.11. The number of amides is 3. The van der Waals surface area contributed by atoms with E-state index < -0.39 is 24.5 Å². The molecular formula is C11H16N4O4S. The van der Waals surface area contributed by atoms with Gasteiger partial charge in [0.05, 0.1) is 17.2 Å². The summed E-state index contributed by atoms with van der Waals surface area (Å²) >= 11 is 1.54. The first-order valence-electron chi connectivity index (χ1n) is 5.88. The number of carboxylic acids is 1. The van der Waals surface area contributed by atoms with Crippen molar-refractivity contribution >= 4 is 29.2 Å². The second-order valence-electron chi connectivity index (χ2n) is 3.89. The van der Waals surface area contributed by atoms with Crippen LogP contribution in [0.4, 0.5) is 4.79 Å². The number of aromatic nitrogens is 1. The minimum Gasteiger partial charge on any atom is -0.480 e. The second kappa shape index (κ2) is 8.10. The molecular weight excluding hydrogens is 284 g/mol. The number of aliphatic carboxylic acids is 1. The number of carboxylic acid groups (broad SMARTS) is 1. The Morgan fingerprint density at radius 2 is 2.00 bits per heavy atom. The number of carbonyl (C=O) groups excluding carboxylic acids is 2. The Morgan fingerprint density at radius 3 is 2.60 bits per heavy atom. The lowest BCUT2D eigenvalue weighted by atomic mass is 10.3. The van der Waals surface area contributed by atoms with Crippen LogP contribution >= 0.6 is 11.3 Å². The summed E-state index contributed by atoms with van der Waals surface area (Å²) in [5, 5.41) is 18.3. The molecule has 0 unspecified atom stereocenters. The molecule has 1 heterocycles. The lowest BCUT2D eigenvalue weighted by molar-refractivity contribution is -0.137. The minimum absolute atomic E-state index is 0.269. The van der Waals surface area contributed by atoms with Crippen LogP contribution < -0.4 is 16.0 Å². The number of carbonyl (C=O) groups is 3. The van der Waals surface area contributed by atoms with Crippen LogP contribution in [0.2, 0.25) is 0 Å². The Labute approximate surface area is 119 Å². The highest BCUT2D eigenvalue weighted by Crippen LogP contribution is 2.07. The van der Waals surface area contributed by atoms with Gasteiger partial charge in [0.2, 0.25) is 5.91 Å². The molecule has 110 valence electrons. The summed E-state index contributed by atoms with van der Waals surface area (Å²) in [4.78, 5) is 36.9. The molecule has 0 spiro atoms. The van der Waals surface area contributed by atoms with Gasteiger partial charge in [0.1, 0.15) is 6.54 Å².